The molecule has 2 unspecified atom stereocenters. The van der Waals surface area contributed by atoms with Crippen LogP contribution in [0, 0.1) is 0 Å². The molecule has 3 N–H and O–H groups in total. The summed E-state index contributed by atoms with van der Waals surface area (Å²) in [5.41, 5.74) is 0. The van der Waals surface area contributed by atoms with Crippen molar-refractivity contribution in [2.75, 3.05) is 6.61 Å². The molecule has 4 nitrogen and oxygen atoms in total. The van der Waals surface area contributed by atoms with Gasteiger partial charge in [0.1, 0.15) is 0 Å². The Hall–Kier alpha value is -2.69. The number of rotatable bonds is 53. The van der Waals surface area contributed by atoms with E-state index in [-0.39, 0.29) is 12.5 Å². The van der Waals surface area contributed by atoms with E-state index in [9.17, 15) is 15.0 Å². The summed E-state index contributed by atoms with van der Waals surface area (Å²) in [6.07, 6.45) is 87.2. The summed E-state index contributed by atoms with van der Waals surface area (Å²) >= 11 is 0. The van der Waals surface area contributed by atoms with E-state index in [0.29, 0.717) is 6.42 Å². The lowest BCUT2D eigenvalue weighted by Crippen LogP contribution is -2.45. The number of nitrogens with one attached hydrogen (secondary N) is 1. The van der Waals surface area contributed by atoms with Gasteiger partial charge in [-0.3, -0.25) is 4.79 Å². The number of amides is 1. The first-order valence-corrected chi connectivity index (χ1v) is 29.5. The number of aliphatic hydroxyl groups is 2. The van der Waals surface area contributed by atoms with Crippen LogP contribution in [-0.4, -0.2) is 34.9 Å². The predicted molar refractivity (Wildman–Crippen MR) is 303 cm³/mol. The second kappa shape index (κ2) is 58.6. The zero-order valence-corrected chi connectivity index (χ0v) is 45.1. The van der Waals surface area contributed by atoms with E-state index in [1.54, 1.807) is 6.08 Å². The molecule has 0 spiro atoms. The third kappa shape index (κ3) is 54.3. The number of hydrogen-bond donors (Lipinski definition) is 3. The second-order valence-electron chi connectivity index (χ2n) is 19.7. The van der Waals surface area contributed by atoms with Crippen LogP contribution in [0.4, 0.5) is 0 Å². The highest BCUT2D eigenvalue weighted by Crippen LogP contribution is 2.16. The molecule has 0 aliphatic heterocycles. The molecular formula is C64H113NO3. The zero-order chi connectivity index (χ0) is 49.2. The summed E-state index contributed by atoms with van der Waals surface area (Å²) < 4.78 is 0. The van der Waals surface area contributed by atoms with Crippen molar-refractivity contribution in [3.8, 4) is 0 Å². The van der Waals surface area contributed by atoms with Crippen LogP contribution in [0.3, 0.4) is 0 Å². The van der Waals surface area contributed by atoms with Crippen molar-refractivity contribution in [2.24, 2.45) is 0 Å². The normalized spacial score (nSPS) is 13.5. The quantitative estimate of drug-likeness (QED) is 0.0420. The van der Waals surface area contributed by atoms with Crippen molar-refractivity contribution < 1.29 is 15.0 Å². The minimum Gasteiger partial charge on any atom is -0.394 e. The molecule has 0 aliphatic carbocycles. The Labute approximate surface area is 424 Å². The minimum absolute atomic E-state index is 0.0862. The molecule has 0 heterocycles. The van der Waals surface area contributed by atoms with Gasteiger partial charge in [-0.2, -0.15) is 0 Å². The number of carbonyl (C=O) groups is 1. The van der Waals surface area contributed by atoms with Crippen molar-refractivity contribution in [1.82, 2.24) is 5.32 Å². The van der Waals surface area contributed by atoms with E-state index in [4.69, 9.17) is 0 Å². The molecule has 392 valence electrons. The number of aliphatic hydroxyl groups excluding tert-OH is 2. The predicted octanol–water partition coefficient (Wildman–Crippen LogP) is 19.7. The van der Waals surface area contributed by atoms with Crippen LogP contribution in [0.1, 0.15) is 284 Å². The summed E-state index contributed by atoms with van der Waals surface area (Å²) in [5.74, 6) is -0.0862. The van der Waals surface area contributed by atoms with E-state index in [1.165, 1.54) is 186 Å². The third-order valence-electron chi connectivity index (χ3n) is 13.0. The van der Waals surface area contributed by atoms with Gasteiger partial charge in [0, 0.05) is 6.42 Å². The van der Waals surface area contributed by atoms with Crippen LogP contribution in [-0.2, 0) is 4.79 Å². The Morgan fingerprint density at radius 3 is 1.03 bits per heavy atom. The van der Waals surface area contributed by atoms with Crippen LogP contribution >= 0.6 is 0 Å². The molecule has 0 saturated heterocycles. The molecule has 0 fully saturated rings. The van der Waals surface area contributed by atoms with Gasteiger partial charge in [0.2, 0.25) is 5.91 Å². The molecule has 0 aromatic rings. The third-order valence-corrected chi connectivity index (χ3v) is 13.0. The number of allylic oxidation sites excluding steroid dienone is 15. The van der Waals surface area contributed by atoms with E-state index >= 15 is 0 Å². The highest BCUT2D eigenvalue weighted by molar-refractivity contribution is 5.76. The maximum atomic E-state index is 12.5. The summed E-state index contributed by atoms with van der Waals surface area (Å²) in [7, 11) is 0. The average Bonchev–Trinajstić information content (AvgIpc) is 3.34. The molecule has 2 atom stereocenters. The first-order chi connectivity index (χ1) is 33.7. The van der Waals surface area contributed by atoms with Crippen LogP contribution in [0.15, 0.2) is 97.2 Å². The van der Waals surface area contributed by atoms with Crippen molar-refractivity contribution in [3.05, 3.63) is 97.2 Å². The molecule has 68 heavy (non-hydrogen) atoms. The fourth-order valence-corrected chi connectivity index (χ4v) is 8.59. The van der Waals surface area contributed by atoms with Gasteiger partial charge in [-0.05, 0) is 89.9 Å². The van der Waals surface area contributed by atoms with E-state index in [1.807, 2.05) is 6.08 Å². The number of hydrogen-bond acceptors (Lipinski definition) is 3. The summed E-state index contributed by atoms with van der Waals surface area (Å²) in [6.45, 7) is 4.19. The Morgan fingerprint density at radius 1 is 0.368 bits per heavy atom. The van der Waals surface area contributed by atoms with Gasteiger partial charge in [0.25, 0.3) is 0 Å². The lowest BCUT2D eigenvalue weighted by molar-refractivity contribution is -0.123. The van der Waals surface area contributed by atoms with Crippen LogP contribution in [0.5, 0.6) is 0 Å². The van der Waals surface area contributed by atoms with E-state index in [2.05, 4.69) is 104 Å². The number of carbonyl (C=O) groups excluding carboxylic acids is 1. The Kier molecular flexibility index (Phi) is 56.3. The highest BCUT2D eigenvalue weighted by atomic mass is 16.3. The molecule has 0 aromatic heterocycles. The second-order valence-corrected chi connectivity index (χ2v) is 19.7. The van der Waals surface area contributed by atoms with Crippen molar-refractivity contribution >= 4 is 5.91 Å². The molecule has 0 bridgehead atoms. The van der Waals surface area contributed by atoms with Crippen LogP contribution in [0.25, 0.3) is 0 Å². The smallest absolute Gasteiger partial charge is 0.220 e. The van der Waals surface area contributed by atoms with Gasteiger partial charge in [-0.15, -0.1) is 0 Å². The van der Waals surface area contributed by atoms with Crippen LogP contribution in [0.2, 0.25) is 0 Å². The summed E-state index contributed by atoms with van der Waals surface area (Å²) in [5, 5.41) is 23.2. The molecule has 0 saturated carbocycles. The van der Waals surface area contributed by atoms with Crippen molar-refractivity contribution in [2.45, 2.75) is 296 Å². The minimum atomic E-state index is -0.881. The Balaban J connectivity index is 3.59. The molecule has 0 aliphatic rings. The van der Waals surface area contributed by atoms with E-state index < -0.39 is 12.1 Å². The molecule has 0 aromatic carbocycles. The summed E-state index contributed by atoms with van der Waals surface area (Å²) in [6, 6.07) is -0.657. The monoisotopic (exact) mass is 944 g/mol. The fraction of sp³-hybridized carbons (Fsp3) is 0.734. The Morgan fingerprint density at radius 2 is 0.662 bits per heavy atom. The zero-order valence-electron chi connectivity index (χ0n) is 45.1. The Bertz CT molecular complexity index is 1250. The standard InChI is InChI=1S/C64H113NO3/c1-3-5-7-9-11-13-15-17-19-21-23-25-27-29-30-31-32-33-34-36-37-39-41-43-45-47-49-51-53-55-57-59-63(67)62(61-66)65-64(68)60-58-56-54-52-50-48-46-44-42-40-38-35-28-26-24-22-20-18-16-14-12-10-8-6-4-2/h6,8,12,14,18,20,24,26,35,38,41,43,49,51,57,59,62-63,66-67H,3-5,7,9-11,13,15-17,19,21-23,25,27-34,36-37,39-40,42,44-48,50,52-56,58,60-61H2,1-2H3,(H,65,68)/b8-6-,14-12-,20-18-,26-24-,38-35-,43-41+,51-49+,59-57+. The molecule has 0 radical (unpaired) electrons. The van der Waals surface area contributed by atoms with Gasteiger partial charge >= 0.3 is 0 Å². The van der Waals surface area contributed by atoms with Crippen molar-refractivity contribution in [3.63, 3.8) is 0 Å². The maximum Gasteiger partial charge on any atom is 0.220 e. The van der Waals surface area contributed by atoms with Gasteiger partial charge in [-0.1, -0.05) is 284 Å². The SMILES string of the molecule is CC/C=C\C/C=C\C/C=C\C/C=C\C/C=C\CCCCCCCCCCCC(=O)NC(CO)C(O)/C=C/CC/C=C/CC/C=C/CCCCCCCCCCCCCCCCCCCCCCC. The molecule has 1 amide bonds. The van der Waals surface area contributed by atoms with Gasteiger partial charge in [-0.25, -0.2) is 0 Å². The lowest BCUT2D eigenvalue weighted by atomic mass is 10.0. The van der Waals surface area contributed by atoms with Crippen molar-refractivity contribution in [1.29, 1.82) is 0 Å². The summed E-state index contributed by atoms with van der Waals surface area (Å²) in [4.78, 5) is 12.5. The molecule has 0 rings (SSSR count). The fourth-order valence-electron chi connectivity index (χ4n) is 8.59. The van der Waals surface area contributed by atoms with Crippen LogP contribution < -0.4 is 5.32 Å². The number of unbranched alkanes of at least 4 members (excludes halogenated alkanes) is 32. The average molecular weight is 945 g/mol. The molecule has 4 heteroatoms. The first kappa shape index (κ1) is 65.3. The van der Waals surface area contributed by atoms with Gasteiger partial charge < -0.3 is 15.5 Å². The maximum absolute atomic E-state index is 12.5. The van der Waals surface area contributed by atoms with E-state index in [0.717, 1.165) is 77.0 Å². The molecular weight excluding hydrogens is 831 g/mol. The topological polar surface area (TPSA) is 69.6 Å². The van der Waals surface area contributed by atoms with Gasteiger partial charge in [0.15, 0.2) is 0 Å². The highest BCUT2D eigenvalue weighted by Gasteiger charge is 2.18. The largest absolute Gasteiger partial charge is 0.394 e. The van der Waals surface area contributed by atoms with Gasteiger partial charge in [0.05, 0.1) is 18.8 Å². The first-order valence-electron chi connectivity index (χ1n) is 29.5. The lowest BCUT2D eigenvalue weighted by Gasteiger charge is -2.19.